The zero-order valence-corrected chi connectivity index (χ0v) is 11.0. The van der Waals surface area contributed by atoms with E-state index in [0.717, 1.165) is 31.8 Å². The number of hydrogen-bond acceptors (Lipinski definition) is 1. The highest BCUT2D eigenvalue weighted by atomic mass is 16.2. The van der Waals surface area contributed by atoms with Crippen LogP contribution in [0.15, 0.2) is 0 Å². The number of amides is 2. The molecule has 3 nitrogen and oxygen atoms in total. The Labute approximate surface area is 99.6 Å². The summed E-state index contributed by atoms with van der Waals surface area (Å²) in [5, 5.41) is 3.15. The number of hydrogen-bond donors (Lipinski definition) is 1. The zero-order chi connectivity index (χ0) is 12.0. The van der Waals surface area contributed by atoms with Gasteiger partial charge < -0.3 is 10.2 Å². The van der Waals surface area contributed by atoms with Crippen LogP contribution in [0.4, 0.5) is 4.79 Å². The molecule has 1 fully saturated rings. The summed E-state index contributed by atoms with van der Waals surface area (Å²) in [7, 11) is 0. The third-order valence-electron chi connectivity index (χ3n) is 3.80. The molecule has 1 N–H and O–H groups in total. The maximum atomic E-state index is 11.8. The molecule has 0 spiro atoms. The van der Waals surface area contributed by atoms with Gasteiger partial charge in [0.15, 0.2) is 0 Å². The number of urea groups is 1. The van der Waals surface area contributed by atoms with Crippen molar-refractivity contribution in [1.82, 2.24) is 10.2 Å². The van der Waals surface area contributed by atoms with Crippen molar-refractivity contribution in [2.75, 3.05) is 13.1 Å². The van der Waals surface area contributed by atoms with E-state index in [1.165, 1.54) is 19.3 Å². The first-order chi connectivity index (χ1) is 7.71. The highest BCUT2D eigenvalue weighted by Crippen LogP contribution is 2.26. The van der Waals surface area contributed by atoms with Gasteiger partial charge in [0.25, 0.3) is 0 Å². The summed E-state index contributed by atoms with van der Waals surface area (Å²) in [5.74, 6) is 0.890. The van der Waals surface area contributed by atoms with Crippen molar-refractivity contribution in [2.24, 2.45) is 5.92 Å². The van der Waals surface area contributed by atoms with Crippen LogP contribution in [0.1, 0.15) is 52.9 Å². The van der Waals surface area contributed by atoms with Crippen LogP contribution in [0.3, 0.4) is 0 Å². The van der Waals surface area contributed by atoms with Crippen molar-refractivity contribution < 1.29 is 4.79 Å². The van der Waals surface area contributed by atoms with Crippen LogP contribution < -0.4 is 5.32 Å². The molecule has 0 aromatic rings. The fourth-order valence-corrected chi connectivity index (χ4v) is 2.49. The molecular formula is C13H26N2O. The number of nitrogens with zero attached hydrogens (tertiary/aromatic N) is 1. The van der Waals surface area contributed by atoms with Crippen LogP contribution in [0.25, 0.3) is 0 Å². The maximum absolute atomic E-state index is 11.8. The minimum Gasteiger partial charge on any atom is -0.335 e. The van der Waals surface area contributed by atoms with E-state index < -0.39 is 0 Å². The normalized spacial score (nSPS) is 25.2. The largest absolute Gasteiger partial charge is 0.335 e. The lowest BCUT2D eigenvalue weighted by molar-refractivity contribution is 0.191. The van der Waals surface area contributed by atoms with Gasteiger partial charge in [-0.05, 0) is 45.4 Å². The van der Waals surface area contributed by atoms with Gasteiger partial charge in [-0.2, -0.15) is 0 Å². The van der Waals surface area contributed by atoms with Crippen LogP contribution in [0.5, 0.6) is 0 Å². The molecule has 16 heavy (non-hydrogen) atoms. The quantitative estimate of drug-likeness (QED) is 0.785. The molecule has 0 heterocycles. The van der Waals surface area contributed by atoms with Crippen molar-refractivity contribution in [3.8, 4) is 0 Å². The Hall–Kier alpha value is -0.730. The monoisotopic (exact) mass is 226 g/mol. The fraction of sp³-hybridized carbons (Fsp3) is 0.923. The number of carbonyl (C=O) groups excluding carboxylic acids is 1. The molecule has 0 unspecified atom stereocenters. The molecule has 0 radical (unpaired) electrons. The summed E-state index contributed by atoms with van der Waals surface area (Å²) in [6, 6.07) is 0.529. The Morgan fingerprint density at radius 3 is 2.12 bits per heavy atom. The van der Waals surface area contributed by atoms with Crippen LogP contribution in [0.2, 0.25) is 0 Å². The van der Waals surface area contributed by atoms with E-state index in [-0.39, 0.29) is 6.03 Å². The van der Waals surface area contributed by atoms with Crippen molar-refractivity contribution in [2.45, 2.75) is 58.9 Å². The molecule has 0 saturated heterocycles. The SMILES string of the molecule is CCC1CCC(NC(=O)N(CC)CC)CC1. The molecule has 0 bridgehead atoms. The van der Waals surface area contributed by atoms with Gasteiger partial charge in [-0.15, -0.1) is 0 Å². The zero-order valence-electron chi connectivity index (χ0n) is 11.0. The third-order valence-corrected chi connectivity index (χ3v) is 3.80. The van der Waals surface area contributed by atoms with Gasteiger partial charge in [-0.25, -0.2) is 4.79 Å². The summed E-state index contributed by atoms with van der Waals surface area (Å²) in [4.78, 5) is 13.7. The molecule has 1 saturated carbocycles. The lowest BCUT2D eigenvalue weighted by Gasteiger charge is -2.30. The lowest BCUT2D eigenvalue weighted by Crippen LogP contribution is -2.45. The van der Waals surface area contributed by atoms with Gasteiger partial charge in [-0.1, -0.05) is 13.3 Å². The van der Waals surface area contributed by atoms with Crippen molar-refractivity contribution in [3.63, 3.8) is 0 Å². The van der Waals surface area contributed by atoms with E-state index in [9.17, 15) is 4.79 Å². The Kier molecular flexibility index (Phi) is 5.64. The van der Waals surface area contributed by atoms with Crippen molar-refractivity contribution in [1.29, 1.82) is 0 Å². The molecule has 0 aliphatic heterocycles. The molecule has 1 aliphatic carbocycles. The Morgan fingerprint density at radius 2 is 1.69 bits per heavy atom. The minimum atomic E-state index is 0.116. The average molecular weight is 226 g/mol. The second kappa shape index (κ2) is 6.77. The standard InChI is InChI=1S/C13H26N2O/c1-4-11-7-9-12(10-8-11)14-13(16)15(5-2)6-3/h11-12H,4-10H2,1-3H3,(H,14,16). The van der Waals surface area contributed by atoms with Crippen molar-refractivity contribution in [3.05, 3.63) is 0 Å². The van der Waals surface area contributed by atoms with Crippen molar-refractivity contribution >= 4 is 6.03 Å². The summed E-state index contributed by atoms with van der Waals surface area (Å²) in [6.07, 6.45) is 6.16. The first-order valence-electron chi connectivity index (χ1n) is 6.76. The molecular weight excluding hydrogens is 200 g/mol. The minimum absolute atomic E-state index is 0.116. The molecule has 2 amide bonds. The Morgan fingerprint density at radius 1 is 1.12 bits per heavy atom. The molecule has 1 aliphatic rings. The highest BCUT2D eigenvalue weighted by molar-refractivity contribution is 5.74. The van der Waals surface area contributed by atoms with Crippen LogP contribution in [0, 0.1) is 5.92 Å². The second-order valence-electron chi connectivity index (χ2n) is 4.75. The van der Waals surface area contributed by atoms with E-state index in [2.05, 4.69) is 12.2 Å². The third kappa shape index (κ3) is 3.69. The van der Waals surface area contributed by atoms with Crippen LogP contribution in [-0.4, -0.2) is 30.1 Å². The first kappa shape index (κ1) is 13.3. The van der Waals surface area contributed by atoms with E-state index in [4.69, 9.17) is 0 Å². The summed E-state index contributed by atoms with van der Waals surface area (Å²) in [5.41, 5.74) is 0. The average Bonchev–Trinajstić information content (AvgIpc) is 2.31. The molecule has 0 aromatic heterocycles. The maximum Gasteiger partial charge on any atom is 0.317 e. The van der Waals surface area contributed by atoms with E-state index >= 15 is 0 Å². The van der Waals surface area contributed by atoms with Gasteiger partial charge >= 0.3 is 6.03 Å². The molecule has 1 rings (SSSR count). The van der Waals surface area contributed by atoms with E-state index in [1.807, 2.05) is 18.7 Å². The predicted molar refractivity (Wildman–Crippen MR) is 67.5 cm³/mol. The number of rotatable bonds is 4. The topological polar surface area (TPSA) is 32.3 Å². The van der Waals surface area contributed by atoms with Crippen LogP contribution >= 0.6 is 0 Å². The second-order valence-corrected chi connectivity index (χ2v) is 4.75. The highest BCUT2D eigenvalue weighted by Gasteiger charge is 2.22. The number of nitrogens with one attached hydrogen (secondary N) is 1. The smallest absolute Gasteiger partial charge is 0.317 e. The predicted octanol–water partition coefficient (Wildman–Crippen LogP) is 3.01. The van der Waals surface area contributed by atoms with Gasteiger partial charge in [0.05, 0.1) is 0 Å². The van der Waals surface area contributed by atoms with E-state index in [1.54, 1.807) is 0 Å². The first-order valence-corrected chi connectivity index (χ1v) is 6.76. The fourth-order valence-electron chi connectivity index (χ4n) is 2.49. The molecule has 3 heteroatoms. The summed E-state index contributed by atoms with van der Waals surface area (Å²) >= 11 is 0. The number of carbonyl (C=O) groups is 1. The summed E-state index contributed by atoms with van der Waals surface area (Å²) in [6.45, 7) is 7.91. The Balaban J connectivity index is 2.30. The molecule has 94 valence electrons. The molecule has 0 atom stereocenters. The Bertz CT molecular complexity index is 206. The van der Waals surface area contributed by atoms with Gasteiger partial charge in [0.1, 0.15) is 0 Å². The molecule has 0 aromatic carbocycles. The van der Waals surface area contributed by atoms with Gasteiger partial charge in [0, 0.05) is 19.1 Å². The van der Waals surface area contributed by atoms with E-state index in [0.29, 0.717) is 6.04 Å². The van der Waals surface area contributed by atoms with Gasteiger partial charge in [0.2, 0.25) is 0 Å². The summed E-state index contributed by atoms with van der Waals surface area (Å²) < 4.78 is 0. The van der Waals surface area contributed by atoms with Crippen LogP contribution in [-0.2, 0) is 0 Å². The lowest BCUT2D eigenvalue weighted by atomic mass is 9.84. The van der Waals surface area contributed by atoms with Gasteiger partial charge in [-0.3, -0.25) is 0 Å².